The molecule has 0 atom stereocenters. The van der Waals surface area contributed by atoms with Crippen LogP contribution in [0.15, 0.2) is 30.3 Å². The zero-order chi connectivity index (χ0) is 13.1. The van der Waals surface area contributed by atoms with Gasteiger partial charge in [0.15, 0.2) is 5.78 Å². The summed E-state index contributed by atoms with van der Waals surface area (Å²) < 4.78 is 1.57. The molecule has 2 rings (SSSR count). The average molecular weight is 240 g/mol. The van der Waals surface area contributed by atoms with Gasteiger partial charge in [-0.3, -0.25) is 9.48 Å². The molecule has 18 heavy (non-hydrogen) atoms. The molecule has 0 unspecified atom stereocenters. The fraction of sp³-hybridized carbons (Fsp3) is 0.154. The van der Waals surface area contributed by atoms with Crippen LogP contribution < -0.4 is 5.73 Å². The average Bonchev–Trinajstić information content (AvgIpc) is 2.68. The number of ketones is 1. The Labute approximate surface area is 104 Å². The summed E-state index contributed by atoms with van der Waals surface area (Å²) >= 11 is 0. The van der Waals surface area contributed by atoms with E-state index in [4.69, 9.17) is 11.0 Å². The molecule has 0 spiro atoms. The second-order valence-corrected chi connectivity index (χ2v) is 3.98. The molecule has 0 saturated carbocycles. The van der Waals surface area contributed by atoms with Gasteiger partial charge in [0.25, 0.3) is 0 Å². The summed E-state index contributed by atoms with van der Waals surface area (Å²) in [7, 11) is 0. The van der Waals surface area contributed by atoms with Gasteiger partial charge in [-0.15, -0.1) is 0 Å². The molecule has 0 aliphatic carbocycles. The number of aryl methyl sites for hydroxylation is 1. The highest BCUT2D eigenvalue weighted by atomic mass is 16.1. The number of benzene rings is 1. The first-order chi connectivity index (χ1) is 8.60. The van der Waals surface area contributed by atoms with E-state index >= 15 is 0 Å². The van der Waals surface area contributed by atoms with Crippen molar-refractivity contribution in [1.29, 1.82) is 5.26 Å². The minimum atomic E-state index is -0.0642. The van der Waals surface area contributed by atoms with Gasteiger partial charge in [-0.1, -0.05) is 12.1 Å². The molecule has 0 aliphatic heterocycles. The minimum Gasteiger partial charge on any atom is -0.382 e. The van der Waals surface area contributed by atoms with Gasteiger partial charge in [-0.2, -0.15) is 10.4 Å². The van der Waals surface area contributed by atoms with Gasteiger partial charge in [0.1, 0.15) is 12.4 Å². The SMILES string of the molecule is Cc1cc(N)nn1CC(=O)c1ccc(C#N)cc1. The van der Waals surface area contributed by atoms with Crippen LogP contribution >= 0.6 is 0 Å². The van der Waals surface area contributed by atoms with Crippen molar-refractivity contribution in [1.82, 2.24) is 9.78 Å². The Balaban J connectivity index is 2.17. The van der Waals surface area contributed by atoms with Crippen LogP contribution in [0, 0.1) is 18.3 Å². The Morgan fingerprint density at radius 3 is 2.61 bits per heavy atom. The van der Waals surface area contributed by atoms with Crippen molar-refractivity contribution in [2.45, 2.75) is 13.5 Å². The molecule has 0 aliphatic rings. The van der Waals surface area contributed by atoms with E-state index in [0.29, 0.717) is 16.9 Å². The Hall–Kier alpha value is -2.61. The van der Waals surface area contributed by atoms with Crippen LogP contribution in [-0.2, 0) is 6.54 Å². The number of nitrogens with two attached hydrogens (primary N) is 1. The van der Waals surface area contributed by atoms with Crippen molar-refractivity contribution >= 4 is 11.6 Å². The van der Waals surface area contributed by atoms with Crippen LogP contribution in [0.2, 0.25) is 0 Å². The van der Waals surface area contributed by atoms with Crippen LogP contribution in [-0.4, -0.2) is 15.6 Å². The van der Waals surface area contributed by atoms with Crippen molar-refractivity contribution in [3.05, 3.63) is 47.2 Å². The Kier molecular flexibility index (Phi) is 3.11. The van der Waals surface area contributed by atoms with E-state index < -0.39 is 0 Å². The van der Waals surface area contributed by atoms with Crippen LogP contribution in [0.25, 0.3) is 0 Å². The molecule has 0 amide bonds. The third-order valence-electron chi connectivity index (χ3n) is 2.63. The monoisotopic (exact) mass is 240 g/mol. The molecule has 1 heterocycles. The van der Waals surface area contributed by atoms with E-state index in [1.807, 2.05) is 13.0 Å². The molecule has 0 radical (unpaired) electrons. The largest absolute Gasteiger partial charge is 0.382 e. The van der Waals surface area contributed by atoms with Crippen LogP contribution in [0.5, 0.6) is 0 Å². The molecule has 0 bridgehead atoms. The summed E-state index contributed by atoms with van der Waals surface area (Å²) in [5.41, 5.74) is 7.49. The standard InChI is InChI=1S/C13H12N4O/c1-9-6-13(15)16-17(9)8-12(18)11-4-2-10(7-14)3-5-11/h2-6H,8H2,1H3,(H2,15,16). The smallest absolute Gasteiger partial charge is 0.184 e. The summed E-state index contributed by atoms with van der Waals surface area (Å²) in [6.07, 6.45) is 0. The number of nitriles is 1. The molecule has 0 saturated heterocycles. The topological polar surface area (TPSA) is 84.7 Å². The van der Waals surface area contributed by atoms with Crippen molar-refractivity contribution in [2.75, 3.05) is 5.73 Å². The van der Waals surface area contributed by atoms with Crippen molar-refractivity contribution in [2.24, 2.45) is 0 Å². The molecule has 2 N–H and O–H groups in total. The van der Waals surface area contributed by atoms with Crippen LogP contribution in [0.1, 0.15) is 21.6 Å². The molecule has 1 aromatic heterocycles. The minimum absolute atomic E-state index is 0.0642. The fourth-order valence-electron chi connectivity index (χ4n) is 1.65. The maximum Gasteiger partial charge on any atom is 0.184 e. The van der Waals surface area contributed by atoms with E-state index in [0.717, 1.165) is 5.69 Å². The maximum absolute atomic E-state index is 12.0. The molecule has 1 aromatic carbocycles. The molecule has 0 fully saturated rings. The second-order valence-electron chi connectivity index (χ2n) is 3.98. The van der Waals surface area contributed by atoms with Gasteiger partial charge in [0, 0.05) is 17.3 Å². The molecular formula is C13H12N4O. The number of carbonyl (C=O) groups excluding carboxylic acids is 1. The first-order valence-corrected chi connectivity index (χ1v) is 5.43. The Bertz CT molecular complexity index is 619. The molecule has 90 valence electrons. The number of aromatic nitrogens is 2. The molecule has 5 heteroatoms. The Morgan fingerprint density at radius 2 is 2.11 bits per heavy atom. The first-order valence-electron chi connectivity index (χ1n) is 5.43. The number of hydrogen-bond donors (Lipinski definition) is 1. The van der Waals surface area contributed by atoms with Gasteiger partial charge in [-0.05, 0) is 19.1 Å². The van der Waals surface area contributed by atoms with E-state index in [1.54, 1.807) is 35.0 Å². The lowest BCUT2D eigenvalue weighted by Crippen LogP contribution is -2.13. The van der Waals surface area contributed by atoms with Gasteiger partial charge >= 0.3 is 0 Å². The third kappa shape index (κ3) is 2.38. The number of hydrogen-bond acceptors (Lipinski definition) is 4. The number of nitrogen functional groups attached to an aromatic ring is 1. The van der Waals surface area contributed by atoms with Gasteiger partial charge in [0.05, 0.1) is 11.6 Å². The maximum atomic E-state index is 12.0. The summed E-state index contributed by atoms with van der Waals surface area (Å²) in [6.45, 7) is 1.99. The fourth-order valence-corrected chi connectivity index (χ4v) is 1.65. The summed E-state index contributed by atoms with van der Waals surface area (Å²) in [4.78, 5) is 12.0. The summed E-state index contributed by atoms with van der Waals surface area (Å²) in [5.74, 6) is 0.339. The van der Waals surface area contributed by atoms with E-state index in [1.165, 1.54) is 0 Å². The van der Waals surface area contributed by atoms with Gasteiger partial charge in [0.2, 0.25) is 0 Å². The van der Waals surface area contributed by atoms with Crippen molar-refractivity contribution < 1.29 is 4.79 Å². The van der Waals surface area contributed by atoms with Crippen LogP contribution in [0.3, 0.4) is 0 Å². The Morgan fingerprint density at radius 1 is 1.44 bits per heavy atom. The molecule has 5 nitrogen and oxygen atoms in total. The first kappa shape index (κ1) is 11.9. The van der Waals surface area contributed by atoms with Gasteiger partial charge < -0.3 is 5.73 Å². The number of carbonyl (C=O) groups is 1. The lowest BCUT2D eigenvalue weighted by molar-refractivity contribution is 0.0967. The predicted molar refractivity (Wildman–Crippen MR) is 66.9 cm³/mol. The normalized spacial score (nSPS) is 10.0. The number of rotatable bonds is 3. The lowest BCUT2D eigenvalue weighted by Gasteiger charge is -2.03. The molecule has 2 aromatic rings. The lowest BCUT2D eigenvalue weighted by atomic mass is 10.1. The zero-order valence-electron chi connectivity index (χ0n) is 9.92. The number of Topliss-reactive ketones (excluding diaryl/α,β-unsaturated/α-hetero) is 1. The van der Waals surface area contributed by atoms with Crippen molar-refractivity contribution in [3.63, 3.8) is 0 Å². The highest BCUT2D eigenvalue weighted by molar-refractivity contribution is 5.96. The van der Waals surface area contributed by atoms with E-state index in [9.17, 15) is 4.79 Å². The summed E-state index contributed by atoms with van der Waals surface area (Å²) in [5, 5.41) is 12.7. The van der Waals surface area contributed by atoms with E-state index in [2.05, 4.69) is 5.10 Å². The molecular weight excluding hydrogens is 228 g/mol. The number of anilines is 1. The zero-order valence-corrected chi connectivity index (χ0v) is 9.92. The predicted octanol–water partition coefficient (Wildman–Crippen LogP) is 1.53. The van der Waals surface area contributed by atoms with Crippen LogP contribution in [0.4, 0.5) is 5.82 Å². The quantitative estimate of drug-likeness (QED) is 0.824. The van der Waals surface area contributed by atoms with Gasteiger partial charge in [-0.25, -0.2) is 0 Å². The second kappa shape index (κ2) is 4.72. The highest BCUT2D eigenvalue weighted by Crippen LogP contribution is 2.08. The summed E-state index contributed by atoms with van der Waals surface area (Å²) in [6, 6.07) is 10.3. The van der Waals surface area contributed by atoms with Crippen molar-refractivity contribution in [3.8, 4) is 6.07 Å². The highest BCUT2D eigenvalue weighted by Gasteiger charge is 2.09. The number of nitrogens with zero attached hydrogens (tertiary/aromatic N) is 3. The van der Waals surface area contributed by atoms with E-state index in [-0.39, 0.29) is 12.3 Å². The third-order valence-corrected chi connectivity index (χ3v) is 2.63.